The summed E-state index contributed by atoms with van der Waals surface area (Å²) in [5, 5.41) is 0.853. The van der Waals surface area contributed by atoms with Crippen molar-refractivity contribution in [3.63, 3.8) is 0 Å². The molecule has 18 heavy (non-hydrogen) atoms. The van der Waals surface area contributed by atoms with Gasteiger partial charge in [-0.05, 0) is 30.7 Å². The summed E-state index contributed by atoms with van der Waals surface area (Å²) in [7, 11) is 0. The first-order valence-corrected chi connectivity index (χ1v) is 7.42. The molecule has 0 fully saturated rings. The van der Waals surface area contributed by atoms with Crippen LogP contribution in [0.3, 0.4) is 0 Å². The molecule has 1 aliphatic rings. The zero-order chi connectivity index (χ0) is 12.9. The Morgan fingerprint density at radius 1 is 1.44 bits per heavy atom. The lowest BCUT2D eigenvalue weighted by molar-refractivity contribution is 0.509. The van der Waals surface area contributed by atoms with Gasteiger partial charge in [0.2, 0.25) is 0 Å². The standard InChI is InChI=1S/C14H18N2OS/c1-7(2)12-15-13(17)11-9-5-4-8(3)6-10(9)18-14(11)16-12/h7-8H,4-6H2,1-3H3,(H,15,16,17)/t8-/m0/s1. The second kappa shape index (κ2) is 4.19. The van der Waals surface area contributed by atoms with Crippen LogP contribution in [0.4, 0.5) is 0 Å². The number of fused-ring (bicyclic) bond motifs is 3. The van der Waals surface area contributed by atoms with Gasteiger partial charge in [-0.25, -0.2) is 4.98 Å². The van der Waals surface area contributed by atoms with Crippen molar-refractivity contribution in [1.82, 2.24) is 9.97 Å². The van der Waals surface area contributed by atoms with E-state index in [-0.39, 0.29) is 11.5 Å². The van der Waals surface area contributed by atoms with E-state index in [2.05, 4.69) is 30.7 Å². The largest absolute Gasteiger partial charge is 0.310 e. The number of aromatic nitrogens is 2. The van der Waals surface area contributed by atoms with Gasteiger partial charge in [-0.3, -0.25) is 4.79 Å². The predicted octanol–water partition coefficient (Wildman–Crippen LogP) is 3.23. The lowest BCUT2D eigenvalue weighted by Crippen LogP contribution is -2.15. The molecule has 0 spiro atoms. The number of nitrogens with one attached hydrogen (secondary N) is 1. The summed E-state index contributed by atoms with van der Waals surface area (Å²) in [6.07, 6.45) is 3.32. The van der Waals surface area contributed by atoms with E-state index < -0.39 is 0 Å². The van der Waals surface area contributed by atoms with Gasteiger partial charge < -0.3 is 4.98 Å². The number of thiophene rings is 1. The number of hydrogen-bond donors (Lipinski definition) is 1. The van der Waals surface area contributed by atoms with E-state index in [1.54, 1.807) is 11.3 Å². The maximum Gasteiger partial charge on any atom is 0.259 e. The van der Waals surface area contributed by atoms with E-state index in [0.29, 0.717) is 0 Å². The Hall–Kier alpha value is -1.16. The van der Waals surface area contributed by atoms with Crippen molar-refractivity contribution in [3.05, 3.63) is 26.6 Å². The molecule has 0 aromatic carbocycles. The highest BCUT2D eigenvalue weighted by atomic mass is 32.1. The summed E-state index contributed by atoms with van der Waals surface area (Å²) in [6.45, 7) is 6.39. The SMILES string of the molecule is CC(C)c1nc2sc3c(c2c(=O)[nH]1)CC[C@H](C)C3. The summed E-state index contributed by atoms with van der Waals surface area (Å²) >= 11 is 1.72. The molecule has 3 nitrogen and oxygen atoms in total. The van der Waals surface area contributed by atoms with Crippen LogP contribution in [-0.2, 0) is 12.8 Å². The van der Waals surface area contributed by atoms with Gasteiger partial charge in [-0.15, -0.1) is 11.3 Å². The minimum Gasteiger partial charge on any atom is -0.310 e. The Balaban J connectivity index is 2.25. The van der Waals surface area contributed by atoms with Gasteiger partial charge in [0, 0.05) is 10.8 Å². The third-order valence-electron chi connectivity index (χ3n) is 3.73. The maximum absolute atomic E-state index is 12.2. The van der Waals surface area contributed by atoms with Crippen LogP contribution in [0, 0.1) is 5.92 Å². The summed E-state index contributed by atoms with van der Waals surface area (Å²) in [4.78, 5) is 22.1. The number of aryl methyl sites for hydroxylation is 1. The van der Waals surface area contributed by atoms with E-state index in [1.807, 2.05) is 0 Å². The third-order valence-corrected chi connectivity index (χ3v) is 4.88. The molecule has 3 rings (SSSR count). The Labute approximate surface area is 110 Å². The molecule has 1 atom stereocenters. The highest BCUT2D eigenvalue weighted by molar-refractivity contribution is 7.18. The maximum atomic E-state index is 12.2. The molecule has 1 aliphatic carbocycles. The van der Waals surface area contributed by atoms with E-state index in [9.17, 15) is 4.79 Å². The van der Waals surface area contributed by atoms with Gasteiger partial charge in [0.05, 0.1) is 5.39 Å². The van der Waals surface area contributed by atoms with Crippen LogP contribution < -0.4 is 5.56 Å². The van der Waals surface area contributed by atoms with E-state index in [0.717, 1.165) is 34.8 Å². The van der Waals surface area contributed by atoms with Crippen LogP contribution in [0.15, 0.2) is 4.79 Å². The Morgan fingerprint density at radius 2 is 2.22 bits per heavy atom. The Kier molecular flexibility index (Phi) is 2.77. The van der Waals surface area contributed by atoms with Gasteiger partial charge in [0.1, 0.15) is 10.7 Å². The first-order valence-electron chi connectivity index (χ1n) is 6.60. The molecule has 1 N–H and O–H groups in total. The number of rotatable bonds is 1. The van der Waals surface area contributed by atoms with Gasteiger partial charge in [-0.1, -0.05) is 20.8 Å². The smallest absolute Gasteiger partial charge is 0.259 e. The van der Waals surface area contributed by atoms with Crippen molar-refractivity contribution in [1.29, 1.82) is 0 Å². The molecular weight excluding hydrogens is 244 g/mol. The quantitative estimate of drug-likeness (QED) is 0.857. The van der Waals surface area contributed by atoms with Crippen molar-refractivity contribution < 1.29 is 0 Å². The molecule has 0 saturated heterocycles. The summed E-state index contributed by atoms with van der Waals surface area (Å²) in [5.41, 5.74) is 1.31. The molecule has 0 bridgehead atoms. The van der Waals surface area contributed by atoms with Crippen LogP contribution in [0.2, 0.25) is 0 Å². The molecule has 2 heterocycles. The van der Waals surface area contributed by atoms with Crippen molar-refractivity contribution in [2.45, 2.75) is 46.0 Å². The van der Waals surface area contributed by atoms with Gasteiger partial charge in [-0.2, -0.15) is 0 Å². The normalized spacial score (nSPS) is 19.4. The zero-order valence-electron chi connectivity index (χ0n) is 11.0. The van der Waals surface area contributed by atoms with Crippen molar-refractivity contribution >= 4 is 21.6 Å². The second-order valence-electron chi connectivity index (χ2n) is 5.64. The van der Waals surface area contributed by atoms with Crippen LogP contribution >= 0.6 is 11.3 Å². The second-order valence-corrected chi connectivity index (χ2v) is 6.72. The zero-order valence-corrected chi connectivity index (χ0v) is 11.9. The van der Waals surface area contributed by atoms with Gasteiger partial charge in [0.15, 0.2) is 0 Å². The number of aromatic amines is 1. The minimum atomic E-state index is 0.0516. The highest BCUT2D eigenvalue weighted by Crippen LogP contribution is 2.35. The fourth-order valence-electron chi connectivity index (χ4n) is 2.64. The van der Waals surface area contributed by atoms with Crippen molar-refractivity contribution in [2.24, 2.45) is 5.92 Å². The summed E-state index contributed by atoms with van der Waals surface area (Å²) in [5.74, 6) is 1.80. The van der Waals surface area contributed by atoms with Crippen LogP contribution in [0.5, 0.6) is 0 Å². The fourth-order valence-corrected chi connectivity index (χ4v) is 4.03. The van der Waals surface area contributed by atoms with E-state index >= 15 is 0 Å². The molecule has 2 aromatic heterocycles. The van der Waals surface area contributed by atoms with Gasteiger partial charge >= 0.3 is 0 Å². The average molecular weight is 262 g/mol. The monoisotopic (exact) mass is 262 g/mol. The molecule has 0 radical (unpaired) electrons. The van der Waals surface area contributed by atoms with E-state index in [4.69, 9.17) is 0 Å². The van der Waals surface area contributed by atoms with Gasteiger partial charge in [0.25, 0.3) is 5.56 Å². The molecule has 0 saturated carbocycles. The molecule has 4 heteroatoms. The molecule has 0 aliphatic heterocycles. The van der Waals surface area contributed by atoms with Crippen LogP contribution in [0.1, 0.15) is 49.4 Å². The lowest BCUT2D eigenvalue weighted by Gasteiger charge is -2.17. The first-order chi connectivity index (χ1) is 8.56. The molecule has 0 unspecified atom stereocenters. The molecular formula is C14H18N2OS. The van der Waals surface area contributed by atoms with Crippen molar-refractivity contribution in [2.75, 3.05) is 0 Å². The molecule has 2 aromatic rings. The fraction of sp³-hybridized carbons (Fsp3) is 0.571. The highest BCUT2D eigenvalue weighted by Gasteiger charge is 2.23. The topological polar surface area (TPSA) is 45.8 Å². The average Bonchev–Trinajstić information content (AvgIpc) is 2.66. The Morgan fingerprint density at radius 3 is 2.94 bits per heavy atom. The van der Waals surface area contributed by atoms with E-state index in [1.165, 1.54) is 16.9 Å². The molecule has 96 valence electrons. The first kappa shape index (κ1) is 11.9. The predicted molar refractivity (Wildman–Crippen MR) is 75.5 cm³/mol. The lowest BCUT2D eigenvalue weighted by atomic mass is 9.89. The Bertz CT molecular complexity index is 654. The third kappa shape index (κ3) is 1.79. The number of H-pyrrole nitrogens is 1. The van der Waals surface area contributed by atoms with Crippen LogP contribution in [0.25, 0.3) is 10.2 Å². The minimum absolute atomic E-state index is 0.0516. The van der Waals surface area contributed by atoms with Crippen LogP contribution in [-0.4, -0.2) is 9.97 Å². The summed E-state index contributed by atoms with van der Waals surface area (Å²) in [6, 6.07) is 0. The summed E-state index contributed by atoms with van der Waals surface area (Å²) < 4.78 is 0. The van der Waals surface area contributed by atoms with Crippen molar-refractivity contribution in [3.8, 4) is 0 Å². The number of nitrogens with zero attached hydrogens (tertiary/aromatic N) is 1. The molecule has 0 amide bonds. The number of hydrogen-bond acceptors (Lipinski definition) is 3.